The molecule has 0 amide bonds. The van der Waals surface area contributed by atoms with E-state index in [1.165, 1.54) is 11.1 Å². The lowest BCUT2D eigenvalue weighted by Gasteiger charge is -2.18. The number of ether oxygens (including phenoxy) is 2. The molecule has 0 unspecified atom stereocenters. The van der Waals surface area contributed by atoms with Gasteiger partial charge in [-0.15, -0.1) is 0 Å². The highest BCUT2D eigenvalue weighted by atomic mass is 79.9. The molecule has 1 aliphatic carbocycles. The van der Waals surface area contributed by atoms with Crippen LogP contribution in [0.15, 0.2) is 63.5 Å². The quantitative estimate of drug-likeness (QED) is 0.207. The summed E-state index contributed by atoms with van der Waals surface area (Å²) < 4.78 is 14.4. The van der Waals surface area contributed by atoms with Crippen molar-refractivity contribution in [3.8, 4) is 17.2 Å². The van der Waals surface area contributed by atoms with E-state index in [1.54, 1.807) is 0 Å². The summed E-state index contributed by atoms with van der Waals surface area (Å²) in [5, 5.41) is 3.14. The third-order valence-corrected chi connectivity index (χ3v) is 7.41. The largest absolute Gasteiger partial charge is 0.485 e. The van der Waals surface area contributed by atoms with Crippen molar-refractivity contribution < 1.29 is 9.47 Å². The van der Waals surface area contributed by atoms with Gasteiger partial charge in [0.25, 0.3) is 0 Å². The molecule has 0 aliphatic heterocycles. The Balaban J connectivity index is 1.34. The Morgan fingerprint density at radius 2 is 1.84 bits per heavy atom. The maximum atomic E-state index is 6.34. The monoisotopic (exact) mass is 622 g/mol. The van der Waals surface area contributed by atoms with Crippen LogP contribution in [-0.4, -0.2) is 15.0 Å². The Bertz CT molecular complexity index is 1430. The minimum absolute atomic E-state index is 0.128. The molecule has 0 spiro atoms. The minimum atomic E-state index is 0.128. The van der Waals surface area contributed by atoms with Crippen LogP contribution >= 0.6 is 31.9 Å². The molecule has 0 saturated heterocycles. The molecule has 4 aromatic rings. The molecule has 5 rings (SSSR count). The van der Waals surface area contributed by atoms with Gasteiger partial charge in [0.1, 0.15) is 18.1 Å². The first-order valence-electron chi connectivity index (χ1n) is 12.0. The molecule has 7 nitrogen and oxygen atoms in total. The minimum Gasteiger partial charge on any atom is -0.485 e. The molecular weight excluding hydrogens is 598 g/mol. The predicted octanol–water partition coefficient (Wildman–Crippen LogP) is 7.72. The predicted molar refractivity (Wildman–Crippen MR) is 152 cm³/mol. The number of hydrogen-bond acceptors (Lipinski definition) is 7. The fourth-order valence-electron chi connectivity index (χ4n) is 4.20. The van der Waals surface area contributed by atoms with Crippen molar-refractivity contribution in [2.45, 2.75) is 39.2 Å². The first kappa shape index (κ1) is 25.5. The standard InChI is InChI=1S/C28H26Br2N5O2/c1-16(2)21-14-19(37-26-22(29)13-17-7-6-10-20(17)25(26)30)11-12-23(21)36-15-24-33-27(31)35-28(34-24)32-18-8-4-3-5-9-18/h3-5,7-9,11-14,16H,6,10,15H2,1-2H3,(H3,31,32,33,34,35). The second kappa shape index (κ2) is 11.1. The fraction of sp³-hybridized carbons (Fsp3) is 0.214. The van der Waals surface area contributed by atoms with Crippen LogP contribution in [0.4, 0.5) is 17.6 Å². The molecule has 0 atom stereocenters. The summed E-state index contributed by atoms with van der Waals surface area (Å²) in [5.41, 5.74) is 10.3. The maximum Gasteiger partial charge on any atom is 0.232 e. The summed E-state index contributed by atoms with van der Waals surface area (Å²) in [6.07, 6.45) is 4.30. The van der Waals surface area contributed by atoms with E-state index in [0.717, 1.165) is 50.3 Å². The smallest absolute Gasteiger partial charge is 0.232 e. The molecular formula is C28H26Br2N5O2. The van der Waals surface area contributed by atoms with Crippen molar-refractivity contribution in [2.75, 3.05) is 11.1 Å². The SMILES string of the molecule is CC(C)c1cc(Oc2c(Br)cc3c(c2Br)CC[CH]3)ccc1OCc1nc(N)nc(Nc2ccccc2)n1. The number of nitrogens with two attached hydrogens (primary N) is 1. The number of rotatable bonds is 8. The zero-order chi connectivity index (χ0) is 25.9. The summed E-state index contributed by atoms with van der Waals surface area (Å²) >= 11 is 7.42. The highest BCUT2D eigenvalue weighted by molar-refractivity contribution is 9.11. The summed E-state index contributed by atoms with van der Waals surface area (Å²) in [7, 11) is 0. The van der Waals surface area contributed by atoms with E-state index in [4.69, 9.17) is 15.2 Å². The number of nitrogen functional groups attached to an aromatic ring is 1. The molecule has 1 aliphatic rings. The van der Waals surface area contributed by atoms with Crippen LogP contribution in [0.3, 0.4) is 0 Å². The summed E-state index contributed by atoms with van der Waals surface area (Å²) in [4.78, 5) is 12.9. The highest BCUT2D eigenvalue weighted by Gasteiger charge is 2.21. The van der Waals surface area contributed by atoms with Crippen molar-refractivity contribution in [3.05, 3.63) is 92.5 Å². The third kappa shape index (κ3) is 5.88. The molecule has 0 bridgehead atoms. The van der Waals surface area contributed by atoms with Gasteiger partial charge in [0.15, 0.2) is 11.6 Å². The normalized spacial score (nSPS) is 12.5. The van der Waals surface area contributed by atoms with E-state index in [2.05, 4.69) is 78.5 Å². The summed E-state index contributed by atoms with van der Waals surface area (Å²) in [5.74, 6) is 3.38. The lowest BCUT2D eigenvalue weighted by Crippen LogP contribution is -2.10. The van der Waals surface area contributed by atoms with Crippen molar-refractivity contribution in [1.82, 2.24) is 15.0 Å². The first-order valence-corrected chi connectivity index (χ1v) is 13.6. The topological polar surface area (TPSA) is 95.2 Å². The number of halogens is 2. The lowest BCUT2D eigenvalue weighted by molar-refractivity contribution is 0.291. The van der Waals surface area contributed by atoms with Crippen LogP contribution in [0, 0.1) is 6.42 Å². The molecule has 9 heteroatoms. The van der Waals surface area contributed by atoms with Crippen LogP contribution in [0.25, 0.3) is 0 Å². The molecule has 1 aromatic heterocycles. The van der Waals surface area contributed by atoms with Crippen molar-refractivity contribution in [2.24, 2.45) is 0 Å². The van der Waals surface area contributed by atoms with Crippen molar-refractivity contribution >= 4 is 49.4 Å². The second-order valence-corrected chi connectivity index (χ2v) is 10.6. The number of benzene rings is 3. The molecule has 1 heterocycles. The number of nitrogens with zero attached hydrogens (tertiary/aromatic N) is 3. The van der Waals surface area contributed by atoms with Gasteiger partial charge < -0.3 is 20.5 Å². The van der Waals surface area contributed by atoms with Gasteiger partial charge in [-0.2, -0.15) is 15.0 Å². The van der Waals surface area contributed by atoms with Gasteiger partial charge in [-0.3, -0.25) is 0 Å². The Morgan fingerprint density at radius 1 is 1.03 bits per heavy atom. The number of aromatic nitrogens is 3. The lowest BCUT2D eigenvalue weighted by atomic mass is 10.0. The van der Waals surface area contributed by atoms with Crippen LogP contribution in [0.1, 0.15) is 48.7 Å². The van der Waals surface area contributed by atoms with Crippen molar-refractivity contribution in [3.63, 3.8) is 0 Å². The van der Waals surface area contributed by atoms with E-state index < -0.39 is 0 Å². The third-order valence-electron chi connectivity index (χ3n) is 5.98. The molecule has 1 radical (unpaired) electrons. The fourth-order valence-corrected chi connectivity index (χ4v) is 5.71. The Morgan fingerprint density at radius 3 is 2.62 bits per heavy atom. The number of anilines is 3. The van der Waals surface area contributed by atoms with Gasteiger partial charge in [0, 0.05) is 11.3 Å². The second-order valence-electron chi connectivity index (χ2n) is 8.98. The van der Waals surface area contributed by atoms with Crippen LogP contribution < -0.4 is 20.5 Å². The maximum absolute atomic E-state index is 6.34. The summed E-state index contributed by atoms with van der Waals surface area (Å²) in [6.45, 7) is 4.38. The summed E-state index contributed by atoms with van der Waals surface area (Å²) in [6, 6.07) is 17.6. The van der Waals surface area contributed by atoms with Crippen molar-refractivity contribution in [1.29, 1.82) is 0 Å². The number of nitrogens with one attached hydrogen (secondary N) is 1. The van der Waals surface area contributed by atoms with E-state index >= 15 is 0 Å². The highest BCUT2D eigenvalue weighted by Crippen LogP contribution is 2.44. The average Bonchev–Trinajstić information content (AvgIpc) is 3.34. The van der Waals surface area contributed by atoms with Gasteiger partial charge in [0.2, 0.25) is 11.9 Å². The zero-order valence-electron chi connectivity index (χ0n) is 20.5. The molecule has 189 valence electrons. The van der Waals surface area contributed by atoms with Crippen LogP contribution in [-0.2, 0) is 13.0 Å². The Labute approximate surface area is 233 Å². The van der Waals surface area contributed by atoms with Crippen LogP contribution in [0.5, 0.6) is 17.2 Å². The van der Waals surface area contributed by atoms with Gasteiger partial charge in [-0.25, -0.2) is 0 Å². The van der Waals surface area contributed by atoms with Gasteiger partial charge >= 0.3 is 0 Å². The van der Waals surface area contributed by atoms with Crippen LogP contribution in [0.2, 0.25) is 0 Å². The molecule has 0 fully saturated rings. The Hall–Kier alpha value is -3.17. The van der Waals surface area contributed by atoms with Gasteiger partial charge in [-0.1, -0.05) is 32.0 Å². The first-order chi connectivity index (χ1) is 17.9. The Kier molecular flexibility index (Phi) is 7.62. The average molecular weight is 624 g/mol. The van der Waals surface area contributed by atoms with E-state index in [-0.39, 0.29) is 18.5 Å². The number of para-hydroxylation sites is 1. The van der Waals surface area contributed by atoms with Gasteiger partial charge in [0.05, 0.1) is 8.95 Å². The van der Waals surface area contributed by atoms with E-state index in [1.807, 2.05) is 48.5 Å². The molecule has 37 heavy (non-hydrogen) atoms. The number of hydrogen-bond donors (Lipinski definition) is 2. The van der Waals surface area contributed by atoms with Gasteiger partial charge in [-0.05, 0) is 105 Å². The van der Waals surface area contributed by atoms with E-state index in [0.29, 0.717) is 11.8 Å². The number of fused-ring (bicyclic) bond motifs is 1. The zero-order valence-corrected chi connectivity index (χ0v) is 23.6. The molecule has 3 N–H and O–H groups in total. The molecule has 0 saturated carbocycles. The molecule has 3 aromatic carbocycles. The van der Waals surface area contributed by atoms with E-state index in [9.17, 15) is 0 Å².